The monoisotopic (exact) mass is 348 g/mol. The van der Waals surface area contributed by atoms with Crippen LogP contribution in [0.3, 0.4) is 0 Å². The Morgan fingerprint density at radius 1 is 0.962 bits per heavy atom. The van der Waals surface area contributed by atoms with E-state index in [0.717, 1.165) is 11.3 Å². The fourth-order valence-electron chi connectivity index (χ4n) is 2.39. The molecule has 0 unspecified atom stereocenters. The summed E-state index contributed by atoms with van der Waals surface area (Å²) in [6.07, 6.45) is 3.33. The van der Waals surface area contributed by atoms with Crippen LogP contribution in [0.2, 0.25) is 0 Å². The first-order chi connectivity index (χ1) is 12.8. The predicted molar refractivity (Wildman–Crippen MR) is 100 cm³/mol. The first-order valence-corrected chi connectivity index (χ1v) is 8.41. The largest absolute Gasteiger partial charge is 0.457 e. The quantitative estimate of drug-likeness (QED) is 0.674. The SMILES string of the molecule is CCOCc1ccccc1NC(=O)c1ccc(Oc2ccncc2)cc1. The van der Waals surface area contributed by atoms with Gasteiger partial charge in [0.15, 0.2) is 0 Å². The standard InChI is InChI=1S/C21H20N2O3/c1-2-25-15-17-5-3-4-6-20(17)23-21(24)16-7-9-18(10-8-16)26-19-11-13-22-14-12-19/h3-14H,2,15H2,1H3,(H,23,24). The smallest absolute Gasteiger partial charge is 0.255 e. The van der Waals surface area contributed by atoms with Gasteiger partial charge in [-0.2, -0.15) is 0 Å². The van der Waals surface area contributed by atoms with Crippen molar-refractivity contribution in [3.63, 3.8) is 0 Å². The van der Waals surface area contributed by atoms with E-state index < -0.39 is 0 Å². The lowest BCUT2D eigenvalue weighted by Crippen LogP contribution is -2.13. The van der Waals surface area contributed by atoms with Crippen LogP contribution in [-0.2, 0) is 11.3 Å². The first kappa shape index (κ1) is 17.6. The zero-order chi connectivity index (χ0) is 18.2. The molecule has 3 rings (SSSR count). The maximum absolute atomic E-state index is 12.5. The molecule has 5 heteroatoms. The lowest BCUT2D eigenvalue weighted by molar-refractivity contribution is 0.102. The molecular weight excluding hydrogens is 328 g/mol. The number of pyridine rings is 1. The van der Waals surface area contributed by atoms with E-state index in [1.54, 1.807) is 48.8 Å². The van der Waals surface area contributed by atoms with E-state index in [4.69, 9.17) is 9.47 Å². The Balaban J connectivity index is 1.67. The summed E-state index contributed by atoms with van der Waals surface area (Å²) < 4.78 is 11.2. The van der Waals surface area contributed by atoms with Crippen LogP contribution in [-0.4, -0.2) is 17.5 Å². The fourth-order valence-corrected chi connectivity index (χ4v) is 2.39. The van der Waals surface area contributed by atoms with Crippen LogP contribution in [0.15, 0.2) is 73.1 Å². The van der Waals surface area contributed by atoms with Crippen molar-refractivity contribution in [1.29, 1.82) is 0 Å². The average molecular weight is 348 g/mol. The van der Waals surface area contributed by atoms with Gasteiger partial charge in [-0.1, -0.05) is 18.2 Å². The minimum Gasteiger partial charge on any atom is -0.457 e. The molecule has 5 nitrogen and oxygen atoms in total. The Morgan fingerprint density at radius 2 is 1.65 bits per heavy atom. The van der Waals surface area contributed by atoms with Crippen LogP contribution >= 0.6 is 0 Å². The van der Waals surface area contributed by atoms with E-state index in [2.05, 4.69) is 10.3 Å². The minimum atomic E-state index is -0.176. The summed E-state index contributed by atoms with van der Waals surface area (Å²) in [5.41, 5.74) is 2.25. The number of anilines is 1. The summed E-state index contributed by atoms with van der Waals surface area (Å²) in [5, 5.41) is 2.94. The molecule has 0 spiro atoms. The maximum atomic E-state index is 12.5. The van der Waals surface area contributed by atoms with Crippen molar-refractivity contribution in [1.82, 2.24) is 4.98 Å². The third-order valence-electron chi connectivity index (χ3n) is 3.73. The molecule has 0 aliphatic rings. The van der Waals surface area contributed by atoms with E-state index in [0.29, 0.717) is 30.3 Å². The number of aromatic nitrogens is 1. The highest BCUT2D eigenvalue weighted by Gasteiger charge is 2.09. The lowest BCUT2D eigenvalue weighted by atomic mass is 10.1. The molecule has 26 heavy (non-hydrogen) atoms. The van der Waals surface area contributed by atoms with Crippen LogP contribution in [0, 0.1) is 0 Å². The summed E-state index contributed by atoms with van der Waals surface area (Å²) >= 11 is 0. The highest BCUT2D eigenvalue weighted by atomic mass is 16.5. The second-order valence-corrected chi connectivity index (χ2v) is 5.56. The molecule has 0 aliphatic heterocycles. The van der Waals surface area contributed by atoms with E-state index >= 15 is 0 Å². The number of para-hydroxylation sites is 1. The molecule has 1 heterocycles. The summed E-state index contributed by atoms with van der Waals surface area (Å²) in [6.45, 7) is 3.03. The summed E-state index contributed by atoms with van der Waals surface area (Å²) in [7, 11) is 0. The van der Waals surface area contributed by atoms with E-state index in [1.165, 1.54) is 0 Å². The predicted octanol–water partition coefficient (Wildman–Crippen LogP) is 4.66. The Kier molecular flexibility index (Phi) is 5.96. The van der Waals surface area contributed by atoms with E-state index in [9.17, 15) is 4.79 Å². The van der Waals surface area contributed by atoms with Gasteiger partial charge in [0.25, 0.3) is 5.91 Å². The molecule has 1 amide bonds. The zero-order valence-electron chi connectivity index (χ0n) is 14.5. The number of nitrogens with one attached hydrogen (secondary N) is 1. The van der Waals surface area contributed by atoms with Gasteiger partial charge < -0.3 is 14.8 Å². The third kappa shape index (κ3) is 4.68. The number of carbonyl (C=O) groups excluding carboxylic acids is 1. The van der Waals surface area contributed by atoms with Gasteiger partial charge in [0.1, 0.15) is 11.5 Å². The number of carbonyl (C=O) groups is 1. The molecule has 0 atom stereocenters. The Morgan fingerprint density at radius 3 is 2.38 bits per heavy atom. The number of hydrogen-bond donors (Lipinski definition) is 1. The number of hydrogen-bond acceptors (Lipinski definition) is 4. The zero-order valence-corrected chi connectivity index (χ0v) is 14.5. The molecule has 2 aromatic carbocycles. The molecular formula is C21H20N2O3. The van der Waals surface area contributed by atoms with Crippen molar-refractivity contribution in [2.24, 2.45) is 0 Å². The molecule has 0 saturated heterocycles. The molecule has 1 aromatic heterocycles. The van der Waals surface area contributed by atoms with E-state index in [1.807, 2.05) is 31.2 Å². The van der Waals surface area contributed by atoms with E-state index in [-0.39, 0.29) is 5.91 Å². The van der Waals surface area contributed by atoms with Gasteiger partial charge >= 0.3 is 0 Å². The Labute approximate surface area is 152 Å². The number of ether oxygens (including phenoxy) is 2. The van der Waals surface area contributed by atoms with Crippen LogP contribution < -0.4 is 10.1 Å². The summed E-state index contributed by atoms with van der Waals surface area (Å²) in [6, 6.07) is 18.2. The molecule has 132 valence electrons. The van der Waals surface area contributed by atoms with Crippen molar-refractivity contribution in [3.05, 3.63) is 84.2 Å². The average Bonchev–Trinajstić information content (AvgIpc) is 2.68. The Bertz CT molecular complexity index is 849. The van der Waals surface area contributed by atoms with Crippen LogP contribution in [0.5, 0.6) is 11.5 Å². The molecule has 3 aromatic rings. The molecule has 0 aliphatic carbocycles. The number of benzene rings is 2. The topological polar surface area (TPSA) is 60.5 Å². The van der Waals surface area contributed by atoms with Crippen LogP contribution in [0.4, 0.5) is 5.69 Å². The van der Waals surface area contributed by atoms with Gasteiger partial charge in [0, 0.05) is 35.8 Å². The van der Waals surface area contributed by atoms with Crippen LogP contribution in [0.1, 0.15) is 22.8 Å². The molecule has 1 N–H and O–H groups in total. The first-order valence-electron chi connectivity index (χ1n) is 8.41. The van der Waals surface area contributed by atoms with Gasteiger partial charge in [-0.15, -0.1) is 0 Å². The minimum absolute atomic E-state index is 0.176. The number of rotatable bonds is 7. The van der Waals surface area contributed by atoms with Crippen molar-refractivity contribution in [2.45, 2.75) is 13.5 Å². The highest BCUT2D eigenvalue weighted by Crippen LogP contribution is 2.22. The van der Waals surface area contributed by atoms with Crippen molar-refractivity contribution in [2.75, 3.05) is 11.9 Å². The lowest BCUT2D eigenvalue weighted by Gasteiger charge is -2.11. The van der Waals surface area contributed by atoms with Gasteiger partial charge in [-0.05, 0) is 49.4 Å². The highest BCUT2D eigenvalue weighted by molar-refractivity contribution is 6.04. The molecule has 0 radical (unpaired) electrons. The Hall–Kier alpha value is -3.18. The van der Waals surface area contributed by atoms with Gasteiger partial charge in [-0.25, -0.2) is 0 Å². The van der Waals surface area contributed by atoms with Crippen molar-refractivity contribution in [3.8, 4) is 11.5 Å². The second kappa shape index (κ2) is 8.78. The molecule has 0 fully saturated rings. The van der Waals surface area contributed by atoms with Gasteiger partial charge in [0.05, 0.1) is 6.61 Å². The van der Waals surface area contributed by atoms with Crippen LogP contribution in [0.25, 0.3) is 0 Å². The second-order valence-electron chi connectivity index (χ2n) is 5.56. The van der Waals surface area contributed by atoms with Crippen molar-refractivity contribution >= 4 is 11.6 Å². The summed E-state index contributed by atoms with van der Waals surface area (Å²) in [5.74, 6) is 1.18. The normalized spacial score (nSPS) is 10.3. The molecule has 0 bridgehead atoms. The van der Waals surface area contributed by atoms with Crippen molar-refractivity contribution < 1.29 is 14.3 Å². The third-order valence-corrected chi connectivity index (χ3v) is 3.73. The maximum Gasteiger partial charge on any atom is 0.255 e. The fraction of sp³-hybridized carbons (Fsp3) is 0.143. The number of amides is 1. The summed E-state index contributed by atoms with van der Waals surface area (Å²) in [4.78, 5) is 16.5. The van der Waals surface area contributed by atoms with Gasteiger partial charge in [-0.3, -0.25) is 9.78 Å². The van der Waals surface area contributed by atoms with Gasteiger partial charge in [0.2, 0.25) is 0 Å². The number of nitrogens with zero attached hydrogens (tertiary/aromatic N) is 1. The molecule has 0 saturated carbocycles.